The molecule has 0 bridgehead atoms. The summed E-state index contributed by atoms with van der Waals surface area (Å²) in [7, 11) is 0. The number of hydrogen-bond acceptors (Lipinski definition) is 1. The first-order valence-corrected chi connectivity index (χ1v) is 11.2. The molecular formula is C30H18N2O. The summed E-state index contributed by atoms with van der Waals surface area (Å²) in [5.41, 5.74) is 7.57. The predicted octanol–water partition coefficient (Wildman–Crippen LogP) is 8.32. The third-order valence-electron chi connectivity index (χ3n) is 6.90. The molecule has 3 heteroatoms. The molecule has 0 aliphatic heterocycles. The highest BCUT2D eigenvalue weighted by molar-refractivity contribution is 6.38. The average molecular weight is 422 g/mol. The molecule has 5 aromatic carbocycles. The Labute approximate surface area is 188 Å². The maximum absolute atomic E-state index is 6.53. The number of H-pyrrole nitrogens is 1. The lowest BCUT2D eigenvalue weighted by molar-refractivity contribution is 0.672. The Morgan fingerprint density at radius 1 is 0.576 bits per heavy atom. The van der Waals surface area contributed by atoms with Gasteiger partial charge in [-0.15, -0.1) is 0 Å². The largest absolute Gasteiger partial charge is 0.454 e. The first-order valence-electron chi connectivity index (χ1n) is 11.2. The van der Waals surface area contributed by atoms with Gasteiger partial charge in [0.15, 0.2) is 5.58 Å². The molecule has 0 saturated carbocycles. The summed E-state index contributed by atoms with van der Waals surface area (Å²) in [6.45, 7) is 0. The number of para-hydroxylation sites is 4. The van der Waals surface area contributed by atoms with Crippen LogP contribution in [-0.4, -0.2) is 9.55 Å². The molecule has 0 amide bonds. The molecule has 0 radical (unpaired) electrons. The van der Waals surface area contributed by atoms with Crippen LogP contribution in [0.25, 0.3) is 71.2 Å². The van der Waals surface area contributed by atoms with Gasteiger partial charge in [0.1, 0.15) is 5.58 Å². The van der Waals surface area contributed by atoms with E-state index in [1.807, 2.05) is 6.07 Å². The maximum atomic E-state index is 6.53. The number of nitrogens with one attached hydrogen (secondary N) is 1. The fraction of sp³-hybridized carbons (Fsp3) is 0. The zero-order valence-corrected chi connectivity index (χ0v) is 17.7. The van der Waals surface area contributed by atoms with E-state index in [9.17, 15) is 0 Å². The third-order valence-corrected chi connectivity index (χ3v) is 6.90. The molecule has 3 heterocycles. The molecule has 0 fully saturated rings. The first-order chi connectivity index (χ1) is 16.4. The highest BCUT2D eigenvalue weighted by Gasteiger charge is 2.24. The van der Waals surface area contributed by atoms with Gasteiger partial charge in [-0.05, 0) is 30.3 Å². The Bertz CT molecular complexity index is 2020. The Morgan fingerprint density at radius 2 is 1.27 bits per heavy atom. The molecule has 154 valence electrons. The smallest absolute Gasteiger partial charge is 0.160 e. The van der Waals surface area contributed by atoms with E-state index in [1.54, 1.807) is 0 Å². The van der Waals surface area contributed by atoms with Gasteiger partial charge in [-0.3, -0.25) is 0 Å². The lowest BCUT2D eigenvalue weighted by atomic mass is 10.0. The molecule has 0 spiro atoms. The molecule has 1 N–H and O–H groups in total. The van der Waals surface area contributed by atoms with E-state index in [0.29, 0.717) is 0 Å². The van der Waals surface area contributed by atoms with Gasteiger partial charge in [-0.2, -0.15) is 0 Å². The SMILES string of the molecule is c1ccc(-n2c3ccccc3c3c4c5ccccc5oc4c4[nH]c5ccccc5c4c32)cc1. The second kappa shape index (κ2) is 6.05. The molecule has 0 aliphatic rings. The van der Waals surface area contributed by atoms with E-state index in [2.05, 4.69) is 107 Å². The van der Waals surface area contributed by atoms with Crippen LogP contribution in [0.2, 0.25) is 0 Å². The van der Waals surface area contributed by atoms with E-state index in [0.717, 1.165) is 33.3 Å². The van der Waals surface area contributed by atoms with Gasteiger partial charge in [0.2, 0.25) is 0 Å². The molecule has 0 atom stereocenters. The number of aromatic nitrogens is 2. The predicted molar refractivity (Wildman–Crippen MR) is 137 cm³/mol. The number of nitrogens with zero attached hydrogens (tertiary/aromatic N) is 1. The van der Waals surface area contributed by atoms with Crippen LogP contribution in [-0.2, 0) is 0 Å². The van der Waals surface area contributed by atoms with Gasteiger partial charge >= 0.3 is 0 Å². The zero-order valence-electron chi connectivity index (χ0n) is 17.7. The molecule has 0 saturated heterocycles. The number of hydrogen-bond donors (Lipinski definition) is 1. The minimum absolute atomic E-state index is 0.913. The summed E-state index contributed by atoms with van der Waals surface area (Å²) in [4.78, 5) is 3.69. The number of benzene rings is 5. The Balaban J connectivity index is 1.81. The highest BCUT2D eigenvalue weighted by atomic mass is 16.3. The van der Waals surface area contributed by atoms with Crippen LogP contribution in [0.15, 0.2) is 108 Å². The number of aromatic amines is 1. The molecule has 0 unspecified atom stereocenters. The van der Waals surface area contributed by atoms with Crippen molar-refractivity contribution in [3.8, 4) is 5.69 Å². The maximum Gasteiger partial charge on any atom is 0.160 e. The van der Waals surface area contributed by atoms with Gasteiger partial charge < -0.3 is 14.0 Å². The molecule has 33 heavy (non-hydrogen) atoms. The van der Waals surface area contributed by atoms with Crippen molar-refractivity contribution in [1.29, 1.82) is 0 Å². The van der Waals surface area contributed by atoms with Gasteiger partial charge in [0.25, 0.3) is 0 Å². The standard InChI is InChI=1S/C30H18N2O/c1-2-10-18(11-3-1)32-23-16-8-5-13-20(23)25-26-21-14-6-9-17-24(21)33-30(26)28-27(29(25)32)19-12-4-7-15-22(19)31-28/h1-17,31H. The zero-order chi connectivity index (χ0) is 21.5. The van der Waals surface area contributed by atoms with E-state index < -0.39 is 0 Å². The van der Waals surface area contributed by atoms with Gasteiger partial charge in [-0.25, -0.2) is 0 Å². The third kappa shape index (κ3) is 2.09. The molecule has 8 rings (SSSR count). The quantitative estimate of drug-likeness (QED) is 0.283. The monoisotopic (exact) mass is 422 g/mol. The van der Waals surface area contributed by atoms with Crippen molar-refractivity contribution in [1.82, 2.24) is 9.55 Å². The minimum atomic E-state index is 0.913. The molecule has 8 aromatic rings. The van der Waals surface area contributed by atoms with Gasteiger partial charge in [0, 0.05) is 43.5 Å². The lowest BCUT2D eigenvalue weighted by Gasteiger charge is -2.09. The molecule has 0 aliphatic carbocycles. The highest BCUT2D eigenvalue weighted by Crippen LogP contribution is 2.47. The minimum Gasteiger partial charge on any atom is -0.454 e. The van der Waals surface area contributed by atoms with Crippen molar-refractivity contribution in [3.05, 3.63) is 103 Å². The van der Waals surface area contributed by atoms with Crippen LogP contribution in [0.4, 0.5) is 0 Å². The number of rotatable bonds is 1. The van der Waals surface area contributed by atoms with Crippen LogP contribution in [0.3, 0.4) is 0 Å². The van der Waals surface area contributed by atoms with Crippen molar-refractivity contribution < 1.29 is 4.42 Å². The van der Waals surface area contributed by atoms with Crippen LogP contribution < -0.4 is 0 Å². The Kier molecular flexibility index (Phi) is 3.14. The van der Waals surface area contributed by atoms with Crippen molar-refractivity contribution in [2.24, 2.45) is 0 Å². The van der Waals surface area contributed by atoms with Crippen LogP contribution in [0.1, 0.15) is 0 Å². The summed E-state index contributed by atoms with van der Waals surface area (Å²) in [5.74, 6) is 0. The fourth-order valence-corrected chi connectivity index (χ4v) is 5.60. The number of furan rings is 1. The van der Waals surface area contributed by atoms with E-state index >= 15 is 0 Å². The first kappa shape index (κ1) is 17.1. The van der Waals surface area contributed by atoms with Crippen LogP contribution >= 0.6 is 0 Å². The van der Waals surface area contributed by atoms with Crippen molar-refractivity contribution in [2.45, 2.75) is 0 Å². The van der Waals surface area contributed by atoms with Crippen molar-refractivity contribution in [3.63, 3.8) is 0 Å². The molecule has 3 aromatic heterocycles. The Hall–Kier alpha value is -4.50. The van der Waals surface area contributed by atoms with E-state index in [4.69, 9.17) is 4.42 Å². The van der Waals surface area contributed by atoms with Gasteiger partial charge in [-0.1, -0.05) is 72.8 Å². The summed E-state index contributed by atoms with van der Waals surface area (Å²) in [5, 5.41) is 7.21. The summed E-state index contributed by atoms with van der Waals surface area (Å²) in [6.07, 6.45) is 0. The van der Waals surface area contributed by atoms with Crippen molar-refractivity contribution in [2.75, 3.05) is 0 Å². The average Bonchev–Trinajstić information content (AvgIpc) is 3.54. The normalized spacial score (nSPS) is 12.2. The number of fused-ring (bicyclic) bond motifs is 12. The molecule has 3 nitrogen and oxygen atoms in total. The lowest BCUT2D eigenvalue weighted by Crippen LogP contribution is -1.93. The fourth-order valence-electron chi connectivity index (χ4n) is 5.60. The van der Waals surface area contributed by atoms with E-state index in [-0.39, 0.29) is 0 Å². The summed E-state index contributed by atoms with van der Waals surface area (Å²) < 4.78 is 8.94. The van der Waals surface area contributed by atoms with Crippen LogP contribution in [0.5, 0.6) is 0 Å². The van der Waals surface area contributed by atoms with Gasteiger partial charge in [0.05, 0.1) is 16.6 Å². The molecular weight excluding hydrogens is 404 g/mol. The second-order valence-electron chi connectivity index (χ2n) is 8.63. The summed E-state index contributed by atoms with van der Waals surface area (Å²) >= 11 is 0. The summed E-state index contributed by atoms with van der Waals surface area (Å²) in [6, 6.07) is 36.3. The topological polar surface area (TPSA) is 33.9 Å². The van der Waals surface area contributed by atoms with Crippen molar-refractivity contribution >= 4 is 65.6 Å². The van der Waals surface area contributed by atoms with Crippen LogP contribution in [0, 0.1) is 0 Å². The second-order valence-corrected chi connectivity index (χ2v) is 8.63. The van der Waals surface area contributed by atoms with E-state index in [1.165, 1.54) is 38.0 Å². The Morgan fingerprint density at radius 3 is 2.15 bits per heavy atom.